The van der Waals surface area contributed by atoms with Gasteiger partial charge in [-0.15, -0.1) is 0 Å². The first-order valence-electron chi connectivity index (χ1n) is 12.5. The van der Waals surface area contributed by atoms with E-state index in [0.29, 0.717) is 11.2 Å². The van der Waals surface area contributed by atoms with E-state index in [1.165, 1.54) is 23.5 Å². The van der Waals surface area contributed by atoms with Crippen LogP contribution in [0.5, 0.6) is 0 Å². The Morgan fingerprint density at radius 2 is 1.85 bits per heavy atom. The molecule has 220 valence electrons. The fourth-order valence-corrected chi connectivity index (χ4v) is 6.00. The summed E-state index contributed by atoms with van der Waals surface area (Å²) in [7, 11) is -4.78. The monoisotopic (exact) mass is 594 g/mol. The molecule has 2 saturated heterocycles. The number of imidazole rings is 2. The van der Waals surface area contributed by atoms with E-state index in [0.717, 1.165) is 0 Å². The summed E-state index contributed by atoms with van der Waals surface area (Å²) in [6.45, 7) is 0.830. The lowest BCUT2D eigenvalue weighted by Gasteiger charge is -2.23. The zero-order valence-electron chi connectivity index (χ0n) is 21.4. The van der Waals surface area contributed by atoms with Crippen molar-refractivity contribution >= 4 is 41.9 Å². The Morgan fingerprint density at radius 1 is 1.12 bits per heavy atom. The van der Waals surface area contributed by atoms with Crippen molar-refractivity contribution < 1.29 is 38.2 Å². The number of aliphatic hydroxyl groups excluding tert-OH is 2. The molecule has 8 atom stereocenters. The normalized spacial score (nSPS) is 29.9. The highest BCUT2D eigenvalue weighted by molar-refractivity contribution is 7.47. The van der Waals surface area contributed by atoms with Crippen LogP contribution in [-0.2, 0) is 23.1 Å². The van der Waals surface area contributed by atoms with Crippen LogP contribution in [0.4, 0.5) is 11.8 Å². The van der Waals surface area contributed by atoms with Gasteiger partial charge in [0.1, 0.15) is 30.3 Å². The molecule has 2 aliphatic rings. The molecule has 4 aromatic rings. The Kier molecular flexibility index (Phi) is 6.99. The van der Waals surface area contributed by atoms with E-state index in [4.69, 9.17) is 30.0 Å². The number of aromatic nitrogens is 8. The maximum absolute atomic E-state index is 13.0. The van der Waals surface area contributed by atoms with Gasteiger partial charge < -0.3 is 36.0 Å². The third-order valence-electron chi connectivity index (χ3n) is 7.09. The molecule has 6 heterocycles. The van der Waals surface area contributed by atoms with E-state index in [2.05, 4.69) is 29.9 Å². The summed E-state index contributed by atoms with van der Waals surface area (Å²) >= 11 is 0. The quantitative estimate of drug-likeness (QED) is 0.131. The Morgan fingerprint density at radius 3 is 2.61 bits per heavy atom. The molecule has 2 aliphatic heterocycles. The number of nitrogens with zero attached hydrogens (tertiary/aromatic N) is 7. The van der Waals surface area contributed by atoms with Gasteiger partial charge in [0.05, 0.1) is 38.1 Å². The number of hydrogen-bond acceptors (Lipinski definition) is 15. The van der Waals surface area contributed by atoms with Crippen molar-refractivity contribution in [1.82, 2.24) is 39.0 Å². The topological polar surface area (TPSA) is 274 Å². The highest BCUT2D eigenvalue weighted by Gasteiger charge is 2.46. The molecule has 20 heteroatoms. The molecular formula is C21H27N10O9P. The molecule has 19 nitrogen and oxygen atoms in total. The molecule has 0 saturated carbocycles. The summed E-state index contributed by atoms with van der Waals surface area (Å²) in [6, 6.07) is 0. The number of aromatic amines is 1. The second kappa shape index (κ2) is 10.4. The molecule has 0 bridgehead atoms. The Balaban J connectivity index is 1.16. The van der Waals surface area contributed by atoms with Crippen molar-refractivity contribution in [3.63, 3.8) is 0 Å². The van der Waals surface area contributed by atoms with E-state index in [1.807, 2.05) is 0 Å². The van der Waals surface area contributed by atoms with Crippen LogP contribution in [0.1, 0.15) is 25.8 Å². The van der Waals surface area contributed by atoms with Crippen molar-refractivity contribution in [2.75, 3.05) is 24.7 Å². The van der Waals surface area contributed by atoms with Crippen LogP contribution in [0, 0.1) is 5.92 Å². The average molecular weight is 594 g/mol. The summed E-state index contributed by atoms with van der Waals surface area (Å²) in [5.41, 5.74) is 11.7. The van der Waals surface area contributed by atoms with Gasteiger partial charge in [-0.25, -0.2) is 24.5 Å². The van der Waals surface area contributed by atoms with Crippen LogP contribution in [0.2, 0.25) is 0 Å². The van der Waals surface area contributed by atoms with Gasteiger partial charge in [0, 0.05) is 12.3 Å². The van der Waals surface area contributed by atoms with Gasteiger partial charge >= 0.3 is 7.82 Å². The standard InChI is InChI=1S/C21H27N10O9P/c1-8-14(33)11(39-19(8)30-6-26-12-15(22)24-5-25-16(12)30)4-37-41(35,36)40-10-2-9(3-32)38-20(10)31-7-27-13-17(31)28-21(23)29-18(13)34/h5-11,14,19-20,32-33H,2-4H2,1H3,(H,35,36)(H2,22,24,25)(H3,23,28,29,34)/t8-,9-,10?,11+,14-,19+,20+/m0/s1. The number of H-pyrrole nitrogens is 1. The molecule has 2 unspecified atom stereocenters. The maximum atomic E-state index is 13.0. The van der Waals surface area contributed by atoms with Crippen LogP contribution in [0.3, 0.4) is 0 Å². The van der Waals surface area contributed by atoms with Gasteiger partial charge in [0.15, 0.2) is 28.9 Å². The highest BCUT2D eigenvalue weighted by atomic mass is 31.2. The van der Waals surface area contributed by atoms with Crippen molar-refractivity contribution in [2.45, 2.75) is 50.2 Å². The summed E-state index contributed by atoms with van der Waals surface area (Å²) < 4.78 is 38.3. The predicted molar refractivity (Wildman–Crippen MR) is 138 cm³/mol. The first kappa shape index (κ1) is 27.6. The molecule has 0 aromatic carbocycles. The summed E-state index contributed by atoms with van der Waals surface area (Å²) in [5, 5.41) is 20.5. The zero-order valence-corrected chi connectivity index (χ0v) is 22.3. The zero-order chi connectivity index (χ0) is 29.1. The first-order valence-corrected chi connectivity index (χ1v) is 14.0. The summed E-state index contributed by atoms with van der Waals surface area (Å²) in [6.07, 6.45) is -1.80. The molecule has 0 radical (unpaired) electrons. The molecule has 4 aromatic heterocycles. The SMILES string of the molecule is C[C@H]1[C@H](O)[C@@H](COP(=O)(O)OC2C[C@@H](CO)O[C@H]2n2cnc3c(=O)[nH]c(N)nc32)O[C@H]1n1cnc2c(N)ncnc21. The Hall–Kier alpha value is -3.55. The van der Waals surface area contributed by atoms with Crippen LogP contribution in [0.25, 0.3) is 22.3 Å². The number of nitrogens with two attached hydrogens (primary N) is 2. The summed E-state index contributed by atoms with van der Waals surface area (Å²) in [4.78, 5) is 45.5. The van der Waals surface area contributed by atoms with Crippen molar-refractivity contribution in [3.05, 3.63) is 29.3 Å². The molecule has 0 aliphatic carbocycles. The lowest BCUT2D eigenvalue weighted by Crippen LogP contribution is -2.29. The average Bonchev–Trinajstić information content (AvgIpc) is 3.69. The van der Waals surface area contributed by atoms with Crippen LogP contribution < -0.4 is 17.0 Å². The van der Waals surface area contributed by atoms with Crippen molar-refractivity contribution in [2.24, 2.45) is 5.92 Å². The van der Waals surface area contributed by atoms with Crippen LogP contribution in [0.15, 0.2) is 23.8 Å². The van der Waals surface area contributed by atoms with E-state index >= 15 is 0 Å². The molecule has 0 amide bonds. The number of anilines is 2. The molecule has 0 spiro atoms. The molecule has 8 N–H and O–H groups in total. The fraction of sp³-hybridized carbons (Fsp3) is 0.524. The van der Waals surface area contributed by atoms with Crippen LogP contribution >= 0.6 is 7.82 Å². The number of aliphatic hydroxyl groups is 2. The van der Waals surface area contributed by atoms with Gasteiger partial charge in [-0.1, -0.05) is 6.92 Å². The summed E-state index contributed by atoms with van der Waals surface area (Å²) in [5.74, 6) is -0.464. The third-order valence-corrected chi connectivity index (χ3v) is 8.10. The lowest BCUT2D eigenvalue weighted by atomic mass is 10.0. The molecule has 41 heavy (non-hydrogen) atoms. The number of nitrogens with one attached hydrogen (secondary N) is 1. The number of phosphoric acid groups is 1. The second-order valence-electron chi connectivity index (χ2n) is 9.75. The Labute approximate surface area is 229 Å². The highest BCUT2D eigenvalue weighted by Crippen LogP contribution is 2.50. The maximum Gasteiger partial charge on any atom is 0.472 e. The fourth-order valence-electron chi connectivity index (χ4n) is 5.08. The number of phosphoric ester groups is 1. The minimum absolute atomic E-state index is 0.00771. The van der Waals surface area contributed by atoms with E-state index < -0.39 is 69.4 Å². The van der Waals surface area contributed by atoms with Crippen molar-refractivity contribution in [3.8, 4) is 0 Å². The van der Waals surface area contributed by atoms with E-state index in [1.54, 1.807) is 11.5 Å². The number of fused-ring (bicyclic) bond motifs is 2. The second-order valence-corrected chi connectivity index (χ2v) is 11.2. The van der Waals surface area contributed by atoms with E-state index in [-0.39, 0.29) is 29.4 Å². The van der Waals surface area contributed by atoms with Gasteiger partial charge in [-0.05, 0) is 0 Å². The van der Waals surface area contributed by atoms with Gasteiger partial charge in [0.25, 0.3) is 5.56 Å². The van der Waals surface area contributed by atoms with Gasteiger partial charge in [-0.3, -0.25) is 28.0 Å². The molecule has 2 fully saturated rings. The Bertz CT molecular complexity index is 1690. The largest absolute Gasteiger partial charge is 0.472 e. The number of rotatable bonds is 8. The third kappa shape index (κ3) is 4.95. The minimum atomic E-state index is -4.78. The lowest BCUT2D eigenvalue weighted by molar-refractivity contribution is -0.0597. The number of ether oxygens (including phenoxy) is 2. The van der Waals surface area contributed by atoms with Gasteiger partial charge in [0.2, 0.25) is 5.95 Å². The number of hydrogen-bond donors (Lipinski definition) is 6. The smallest absolute Gasteiger partial charge is 0.394 e. The van der Waals surface area contributed by atoms with Crippen molar-refractivity contribution in [1.29, 1.82) is 0 Å². The molecular weight excluding hydrogens is 567 g/mol. The minimum Gasteiger partial charge on any atom is -0.394 e. The van der Waals surface area contributed by atoms with E-state index in [9.17, 15) is 24.5 Å². The first-order chi connectivity index (χ1) is 19.6. The van der Waals surface area contributed by atoms with Gasteiger partial charge in [-0.2, -0.15) is 4.98 Å². The number of nitrogen functional groups attached to an aromatic ring is 2. The molecule has 6 rings (SSSR count). The predicted octanol–water partition coefficient (Wildman–Crippen LogP) is -1.20. The van der Waals surface area contributed by atoms with Crippen LogP contribution in [-0.4, -0.2) is 91.8 Å².